The molecule has 4 nitrogen and oxygen atoms in total. The van der Waals surface area contributed by atoms with E-state index in [2.05, 4.69) is 42.0 Å². The van der Waals surface area contributed by atoms with E-state index in [1.54, 1.807) is 0 Å². The fraction of sp³-hybridized carbons (Fsp3) is 0.500. The lowest BCUT2D eigenvalue weighted by Gasteiger charge is -2.21. The van der Waals surface area contributed by atoms with E-state index in [-0.39, 0.29) is 17.7 Å². The van der Waals surface area contributed by atoms with Crippen LogP contribution in [0.5, 0.6) is 0 Å². The Morgan fingerprint density at radius 1 is 1.33 bits per heavy atom. The van der Waals surface area contributed by atoms with Crippen molar-refractivity contribution < 1.29 is 14.7 Å². The Morgan fingerprint density at radius 2 is 2.00 bits per heavy atom. The standard InChI is InChI=1S/C16H22BrNO3/c1-16(2,3)8-7-14(19)18-13(10-15(20)21)11-5-4-6-12(17)9-11/h4-6,9,13H,7-8,10H2,1-3H3,(H,18,19)(H,20,21). The number of hydrogen-bond acceptors (Lipinski definition) is 2. The normalized spacial score (nSPS) is 12.8. The fourth-order valence-corrected chi connectivity index (χ4v) is 2.32. The van der Waals surface area contributed by atoms with Gasteiger partial charge in [-0.05, 0) is 29.5 Å². The molecule has 1 aromatic carbocycles. The van der Waals surface area contributed by atoms with Crippen LogP contribution in [0.2, 0.25) is 0 Å². The Kier molecular flexibility index (Phi) is 6.40. The van der Waals surface area contributed by atoms with Crippen LogP contribution in [0.3, 0.4) is 0 Å². The third kappa shape index (κ3) is 7.27. The quantitative estimate of drug-likeness (QED) is 0.812. The van der Waals surface area contributed by atoms with E-state index in [9.17, 15) is 9.59 Å². The van der Waals surface area contributed by atoms with Crippen molar-refractivity contribution in [2.45, 2.75) is 46.1 Å². The molecular formula is C16H22BrNO3. The molecule has 0 saturated carbocycles. The van der Waals surface area contributed by atoms with E-state index < -0.39 is 12.0 Å². The number of halogens is 1. The van der Waals surface area contributed by atoms with Gasteiger partial charge in [0.15, 0.2) is 0 Å². The molecule has 0 heterocycles. The first kappa shape index (κ1) is 17.7. The molecule has 0 saturated heterocycles. The van der Waals surface area contributed by atoms with Crippen LogP contribution in [-0.2, 0) is 9.59 Å². The van der Waals surface area contributed by atoms with Gasteiger partial charge in [-0.2, -0.15) is 0 Å². The number of carboxylic acids is 1. The molecule has 0 aromatic heterocycles. The highest BCUT2D eigenvalue weighted by Crippen LogP contribution is 2.23. The van der Waals surface area contributed by atoms with Gasteiger partial charge in [0.2, 0.25) is 5.91 Å². The van der Waals surface area contributed by atoms with Crippen LogP contribution in [-0.4, -0.2) is 17.0 Å². The molecule has 0 fully saturated rings. The average Bonchev–Trinajstić information content (AvgIpc) is 2.34. The Morgan fingerprint density at radius 3 is 2.52 bits per heavy atom. The highest BCUT2D eigenvalue weighted by Gasteiger charge is 2.19. The van der Waals surface area contributed by atoms with E-state index in [4.69, 9.17) is 5.11 Å². The van der Waals surface area contributed by atoms with Gasteiger partial charge in [0.05, 0.1) is 12.5 Å². The van der Waals surface area contributed by atoms with E-state index in [0.29, 0.717) is 6.42 Å². The summed E-state index contributed by atoms with van der Waals surface area (Å²) in [7, 11) is 0. The largest absolute Gasteiger partial charge is 0.481 e. The molecule has 0 aliphatic rings. The Hall–Kier alpha value is -1.36. The zero-order valence-corrected chi connectivity index (χ0v) is 14.2. The summed E-state index contributed by atoms with van der Waals surface area (Å²) in [6.07, 6.45) is 1.03. The zero-order valence-electron chi connectivity index (χ0n) is 12.6. The van der Waals surface area contributed by atoms with Crippen LogP contribution < -0.4 is 5.32 Å². The topological polar surface area (TPSA) is 66.4 Å². The number of carbonyl (C=O) groups excluding carboxylic acids is 1. The molecule has 116 valence electrons. The van der Waals surface area contributed by atoms with Gasteiger partial charge >= 0.3 is 5.97 Å². The molecule has 0 spiro atoms. The molecule has 0 bridgehead atoms. The smallest absolute Gasteiger partial charge is 0.305 e. The Balaban J connectivity index is 2.75. The SMILES string of the molecule is CC(C)(C)CCC(=O)NC(CC(=O)O)c1cccc(Br)c1. The highest BCUT2D eigenvalue weighted by molar-refractivity contribution is 9.10. The molecule has 1 amide bonds. The van der Waals surface area contributed by atoms with Gasteiger partial charge in [0.1, 0.15) is 0 Å². The molecule has 1 unspecified atom stereocenters. The number of rotatable bonds is 6. The van der Waals surface area contributed by atoms with E-state index in [1.807, 2.05) is 24.3 Å². The van der Waals surface area contributed by atoms with Crippen molar-refractivity contribution in [2.75, 3.05) is 0 Å². The van der Waals surface area contributed by atoms with Crippen LogP contribution in [0, 0.1) is 5.41 Å². The molecule has 1 rings (SSSR count). The molecule has 2 N–H and O–H groups in total. The Labute approximate surface area is 134 Å². The molecule has 1 atom stereocenters. The number of amides is 1. The first-order valence-electron chi connectivity index (χ1n) is 6.94. The average molecular weight is 356 g/mol. The molecule has 0 radical (unpaired) electrons. The van der Waals surface area contributed by atoms with Gasteiger partial charge in [0, 0.05) is 10.9 Å². The monoisotopic (exact) mass is 355 g/mol. The third-order valence-electron chi connectivity index (χ3n) is 3.07. The number of aliphatic carboxylic acids is 1. The van der Waals surface area contributed by atoms with Crippen molar-refractivity contribution in [3.8, 4) is 0 Å². The third-order valence-corrected chi connectivity index (χ3v) is 3.56. The van der Waals surface area contributed by atoms with Gasteiger partial charge in [-0.15, -0.1) is 0 Å². The van der Waals surface area contributed by atoms with E-state index >= 15 is 0 Å². The summed E-state index contributed by atoms with van der Waals surface area (Å²) in [6.45, 7) is 6.22. The van der Waals surface area contributed by atoms with Gasteiger partial charge in [-0.3, -0.25) is 9.59 Å². The van der Waals surface area contributed by atoms with E-state index in [0.717, 1.165) is 16.5 Å². The van der Waals surface area contributed by atoms with Crippen LogP contribution in [0.1, 0.15) is 51.6 Å². The molecule has 5 heteroatoms. The van der Waals surface area contributed by atoms with Crippen molar-refractivity contribution >= 4 is 27.8 Å². The van der Waals surface area contributed by atoms with Crippen LogP contribution in [0.25, 0.3) is 0 Å². The number of benzene rings is 1. The van der Waals surface area contributed by atoms with Gasteiger partial charge in [-0.1, -0.05) is 48.8 Å². The number of nitrogens with one attached hydrogen (secondary N) is 1. The maximum absolute atomic E-state index is 12.0. The Bertz CT molecular complexity index is 508. The summed E-state index contributed by atoms with van der Waals surface area (Å²) < 4.78 is 0.860. The van der Waals surface area contributed by atoms with Gasteiger partial charge in [0.25, 0.3) is 0 Å². The molecular weight excluding hydrogens is 334 g/mol. The molecule has 0 aliphatic heterocycles. The maximum atomic E-state index is 12.0. The van der Waals surface area contributed by atoms with Crippen molar-refractivity contribution in [1.82, 2.24) is 5.32 Å². The predicted molar refractivity (Wildman–Crippen MR) is 86.0 cm³/mol. The van der Waals surface area contributed by atoms with Crippen molar-refractivity contribution in [1.29, 1.82) is 0 Å². The summed E-state index contributed by atoms with van der Waals surface area (Å²) in [4.78, 5) is 23.0. The second-order valence-electron chi connectivity index (χ2n) is 6.33. The minimum absolute atomic E-state index is 0.0788. The lowest BCUT2D eigenvalue weighted by Crippen LogP contribution is -2.30. The van der Waals surface area contributed by atoms with Crippen molar-refractivity contribution in [3.63, 3.8) is 0 Å². The second-order valence-corrected chi connectivity index (χ2v) is 7.25. The number of hydrogen-bond donors (Lipinski definition) is 2. The first-order valence-corrected chi connectivity index (χ1v) is 7.73. The minimum atomic E-state index is -0.934. The molecule has 1 aromatic rings. The minimum Gasteiger partial charge on any atom is -0.481 e. The van der Waals surface area contributed by atoms with Gasteiger partial charge < -0.3 is 10.4 Å². The summed E-state index contributed by atoms with van der Waals surface area (Å²) in [5.41, 5.74) is 0.867. The maximum Gasteiger partial charge on any atom is 0.305 e. The summed E-state index contributed by atoms with van der Waals surface area (Å²) in [5.74, 6) is -1.05. The first-order chi connectivity index (χ1) is 9.67. The zero-order chi connectivity index (χ0) is 16.0. The molecule has 21 heavy (non-hydrogen) atoms. The summed E-state index contributed by atoms with van der Waals surface area (Å²) >= 11 is 3.36. The second kappa shape index (κ2) is 7.59. The highest BCUT2D eigenvalue weighted by atomic mass is 79.9. The lowest BCUT2D eigenvalue weighted by molar-refractivity contribution is -0.137. The number of carboxylic acid groups (broad SMARTS) is 1. The summed E-state index contributed by atoms with van der Waals surface area (Å²) in [6, 6.07) is 6.84. The van der Waals surface area contributed by atoms with Crippen LogP contribution >= 0.6 is 15.9 Å². The molecule has 0 aliphatic carbocycles. The fourth-order valence-electron chi connectivity index (χ4n) is 1.91. The van der Waals surface area contributed by atoms with Crippen LogP contribution in [0.15, 0.2) is 28.7 Å². The number of carbonyl (C=O) groups is 2. The van der Waals surface area contributed by atoms with Gasteiger partial charge in [-0.25, -0.2) is 0 Å². The lowest BCUT2D eigenvalue weighted by atomic mass is 9.90. The van der Waals surface area contributed by atoms with Crippen LogP contribution in [0.4, 0.5) is 0 Å². The summed E-state index contributed by atoms with van der Waals surface area (Å²) in [5, 5.41) is 11.8. The van der Waals surface area contributed by atoms with Crippen molar-refractivity contribution in [3.05, 3.63) is 34.3 Å². The van der Waals surface area contributed by atoms with E-state index in [1.165, 1.54) is 0 Å². The predicted octanol–water partition coefficient (Wildman–Crippen LogP) is 3.91. The van der Waals surface area contributed by atoms with Crippen molar-refractivity contribution in [2.24, 2.45) is 5.41 Å².